The predicted molar refractivity (Wildman–Crippen MR) is 82.1 cm³/mol. The number of piperazine rings is 1. The third-order valence-corrected chi connectivity index (χ3v) is 4.94. The van der Waals surface area contributed by atoms with Gasteiger partial charge < -0.3 is 0 Å². The Kier molecular flexibility index (Phi) is 4.97. The molecule has 1 saturated heterocycles. The van der Waals surface area contributed by atoms with Crippen molar-refractivity contribution < 1.29 is 0 Å². The fourth-order valence-corrected chi connectivity index (χ4v) is 3.66. The molecule has 0 amide bonds. The molecule has 0 N–H and O–H groups in total. The summed E-state index contributed by atoms with van der Waals surface area (Å²) in [6.45, 7) is 6.90. The van der Waals surface area contributed by atoms with Crippen LogP contribution in [0.3, 0.4) is 0 Å². The first-order chi connectivity index (χ1) is 9.81. The van der Waals surface area contributed by atoms with Crippen LogP contribution in [0.2, 0.25) is 5.02 Å². The van der Waals surface area contributed by atoms with Crippen molar-refractivity contribution in [1.82, 2.24) is 19.6 Å². The molecule has 3 rings (SSSR count). The number of hydrogen-bond acceptors (Lipinski definition) is 3. The van der Waals surface area contributed by atoms with Crippen molar-refractivity contribution in [3.05, 3.63) is 17.4 Å². The van der Waals surface area contributed by atoms with Gasteiger partial charge in [-0.15, -0.1) is 0 Å². The Bertz CT molecular complexity index is 406. The minimum Gasteiger partial charge on any atom is -0.299 e. The van der Waals surface area contributed by atoms with E-state index in [1.54, 1.807) is 6.20 Å². The molecule has 4 nitrogen and oxygen atoms in total. The highest BCUT2D eigenvalue weighted by molar-refractivity contribution is 6.30. The highest BCUT2D eigenvalue weighted by atomic mass is 35.5. The molecule has 2 heterocycles. The zero-order valence-electron chi connectivity index (χ0n) is 12.2. The fraction of sp³-hybridized carbons (Fsp3) is 0.800. The molecule has 112 valence electrons. The van der Waals surface area contributed by atoms with Gasteiger partial charge in [-0.25, -0.2) is 0 Å². The molecule has 1 aliphatic heterocycles. The van der Waals surface area contributed by atoms with Crippen LogP contribution in [0.25, 0.3) is 0 Å². The quantitative estimate of drug-likeness (QED) is 0.853. The Balaban J connectivity index is 1.39. The molecule has 1 aromatic heterocycles. The van der Waals surface area contributed by atoms with Gasteiger partial charge >= 0.3 is 0 Å². The van der Waals surface area contributed by atoms with Crippen molar-refractivity contribution in [3.8, 4) is 0 Å². The summed E-state index contributed by atoms with van der Waals surface area (Å²) in [5.41, 5.74) is 0. The van der Waals surface area contributed by atoms with Crippen molar-refractivity contribution in [1.29, 1.82) is 0 Å². The Morgan fingerprint density at radius 2 is 1.80 bits per heavy atom. The summed E-state index contributed by atoms with van der Waals surface area (Å²) in [4.78, 5) is 5.27. The summed E-state index contributed by atoms with van der Waals surface area (Å²) in [5, 5.41) is 4.97. The number of nitrogens with zero attached hydrogens (tertiary/aromatic N) is 4. The summed E-state index contributed by atoms with van der Waals surface area (Å²) in [6, 6.07) is 0.871. The lowest BCUT2D eigenvalue weighted by Crippen LogP contribution is -2.51. The molecule has 1 aromatic rings. The smallest absolute Gasteiger partial charge is 0.0785 e. The van der Waals surface area contributed by atoms with E-state index in [-0.39, 0.29) is 0 Å². The van der Waals surface area contributed by atoms with E-state index >= 15 is 0 Å². The van der Waals surface area contributed by atoms with Gasteiger partial charge in [0.05, 0.1) is 17.8 Å². The lowest BCUT2D eigenvalue weighted by molar-refractivity contribution is 0.0768. The van der Waals surface area contributed by atoms with Crippen LogP contribution < -0.4 is 0 Å². The third-order valence-electron chi connectivity index (χ3n) is 4.75. The minimum absolute atomic E-state index is 0.729. The molecular formula is C15H25ClN4. The van der Waals surface area contributed by atoms with Gasteiger partial charge in [0.1, 0.15) is 0 Å². The molecular weight excluding hydrogens is 272 g/mol. The molecule has 1 saturated carbocycles. The highest BCUT2D eigenvalue weighted by Crippen LogP contribution is 2.23. The number of aromatic nitrogens is 2. The van der Waals surface area contributed by atoms with E-state index in [1.807, 2.05) is 10.9 Å². The third kappa shape index (κ3) is 3.74. The van der Waals surface area contributed by atoms with E-state index < -0.39 is 0 Å². The van der Waals surface area contributed by atoms with Gasteiger partial charge in [-0.3, -0.25) is 14.5 Å². The van der Waals surface area contributed by atoms with E-state index in [0.29, 0.717) is 0 Å². The SMILES string of the molecule is Clc1cnn(CCN2CCN(C3CCCCC3)CC2)c1. The fourth-order valence-electron chi connectivity index (χ4n) is 3.50. The molecule has 2 aliphatic rings. The highest BCUT2D eigenvalue weighted by Gasteiger charge is 2.24. The molecule has 5 heteroatoms. The van der Waals surface area contributed by atoms with Crippen LogP contribution in [0.4, 0.5) is 0 Å². The van der Waals surface area contributed by atoms with Crippen LogP contribution in [-0.4, -0.2) is 58.3 Å². The Hall–Kier alpha value is -0.580. The zero-order valence-corrected chi connectivity index (χ0v) is 12.9. The lowest BCUT2D eigenvalue weighted by atomic mass is 9.94. The number of rotatable bonds is 4. The topological polar surface area (TPSA) is 24.3 Å². The van der Waals surface area contributed by atoms with Crippen LogP contribution in [-0.2, 0) is 6.54 Å². The van der Waals surface area contributed by atoms with Gasteiger partial charge in [-0.1, -0.05) is 30.9 Å². The molecule has 0 aromatic carbocycles. The average Bonchev–Trinajstić information content (AvgIpc) is 2.92. The van der Waals surface area contributed by atoms with Crippen LogP contribution >= 0.6 is 11.6 Å². The average molecular weight is 297 g/mol. The standard InChI is InChI=1S/C15H25ClN4/c16-14-12-17-20(13-14)11-8-18-6-9-19(10-7-18)15-4-2-1-3-5-15/h12-13,15H,1-11H2. The molecule has 0 unspecified atom stereocenters. The first-order valence-corrected chi connectivity index (χ1v) is 8.33. The van der Waals surface area contributed by atoms with Crippen molar-refractivity contribution in [2.45, 2.75) is 44.7 Å². The lowest BCUT2D eigenvalue weighted by Gasteiger charge is -2.40. The zero-order chi connectivity index (χ0) is 13.8. The maximum atomic E-state index is 5.88. The van der Waals surface area contributed by atoms with Crippen LogP contribution in [0, 0.1) is 0 Å². The van der Waals surface area contributed by atoms with Crippen molar-refractivity contribution >= 4 is 11.6 Å². The first-order valence-electron chi connectivity index (χ1n) is 7.95. The summed E-state index contributed by atoms with van der Waals surface area (Å²) < 4.78 is 1.94. The number of hydrogen-bond donors (Lipinski definition) is 0. The summed E-state index contributed by atoms with van der Waals surface area (Å²) in [5.74, 6) is 0. The van der Waals surface area contributed by atoms with Gasteiger partial charge in [-0.2, -0.15) is 5.10 Å². The molecule has 0 atom stereocenters. The largest absolute Gasteiger partial charge is 0.299 e. The van der Waals surface area contributed by atoms with E-state index in [9.17, 15) is 0 Å². The summed E-state index contributed by atoms with van der Waals surface area (Å²) >= 11 is 5.88. The molecule has 0 radical (unpaired) electrons. The van der Waals surface area contributed by atoms with E-state index in [4.69, 9.17) is 11.6 Å². The Morgan fingerprint density at radius 3 is 2.45 bits per heavy atom. The summed E-state index contributed by atoms with van der Waals surface area (Å²) in [6.07, 6.45) is 10.8. The first kappa shape index (κ1) is 14.4. The van der Waals surface area contributed by atoms with Gasteiger partial charge in [0.15, 0.2) is 0 Å². The second-order valence-corrected chi connectivity index (χ2v) is 6.53. The maximum Gasteiger partial charge on any atom is 0.0785 e. The Labute approximate surface area is 126 Å². The van der Waals surface area contributed by atoms with E-state index in [0.717, 1.165) is 24.2 Å². The van der Waals surface area contributed by atoms with Gasteiger partial charge in [0.25, 0.3) is 0 Å². The molecule has 0 spiro atoms. The van der Waals surface area contributed by atoms with Crippen LogP contribution in [0.1, 0.15) is 32.1 Å². The molecule has 2 fully saturated rings. The predicted octanol–water partition coefficient (Wildman–Crippen LogP) is 2.49. The molecule has 20 heavy (non-hydrogen) atoms. The van der Waals surface area contributed by atoms with Gasteiger partial charge in [0, 0.05) is 45.0 Å². The van der Waals surface area contributed by atoms with E-state index in [1.165, 1.54) is 58.3 Å². The monoisotopic (exact) mass is 296 g/mol. The Morgan fingerprint density at radius 1 is 1.05 bits per heavy atom. The van der Waals surface area contributed by atoms with Crippen molar-refractivity contribution in [3.63, 3.8) is 0 Å². The van der Waals surface area contributed by atoms with E-state index in [2.05, 4.69) is 14.9 Å². The van der Waals surface area contributed by atoms with Crippen LogP contribution in [0.15, 0.2) is 12.4 Å². The van der Waals surface area contributed by atoms with Crippen molar-refractivity contribution in [2.75, 3.05) is 32.7 Å². The maximum absolute atomic E-state index is 5.88. The van der Waals surface area contributed by atoms with Crippen LogP contribution in [0.5, 0.6) is 0 Å². The van der Waals surface area contributed by atoms with Gasteiger partial charge in [-0.05, 0) is 12.8 Å². The summed E-state index contributed by atoms with van der Waals surface area (Å²) in [7, 11) is 0. The minimum atomic E-state index is 0.729. The van der Waals surface area contributed by atoms with Crippen molar-refractivity contribution in [2.24, 2.45) is 0 Å². The normalized spacial score (nSPS) is 23.2. The second kappa shape index (κ2) is 6.92. The second-order valence-electron chi connectivity index (χ2n) is 6.09. The molecule has 0 bridgehead atoms. The molecule has 1 aliphatic carbocycles. The van der Waals surface area contributed by atoms with Gasteiger partial charge in [0.2, 0.25) is 0 Å². The number of halogens is 1.